The summed E-state index contributed by atoms with van der Waals surface area (Å²) in [4.78, 5) is 15.6. The number of benzene rings is 1. The summed E-state index contributed by atoms with van der Waals surface area (Å²) in [5.74, 6) is 0.895. The summed E-state index contributed by atoms with van der Waals surface area (Å²) >= 11 is 0. The Hall–Kier alpha value is -2.27. The van der Waals surface area contributed by atoms with E-state index in [4.69, 9.17) is 9.47 Å². The third-order valence-electron chi connectivity index (χ3n) is 2.39. The first kappa shape index (κ1) is 15.8. The van der Waals surface area contributed by atoms with Gasteiger partial charge in [0.25, 0.3) is 5.91 Å². The first-order chi connectivity index (χ1) is 9.29. The van der Waals surface area contributed by atoms with E-state index < -0.39 is 0 Å². The van der Waals surface area contributed by atoms with Crippen molar-refractivity contribution in [3.63, 3.8) is 0 Å². The van der Waals surface area contributed by atoms with Crippen LogP contribution >= 0.6 is 12.4 Å². The second kappa shape index (κ2) is 8.01. The molecular weight excluding hydrogens is 280 g/mol. The molecule has 0 unspecified atom stereocenters. The topological polar surface area (TPSA) is 60.5 Å². The van der Waals surface area contributed by atoms with Crippen LogP contribution < -0.4 is 14.8 Å². The molecule has 0 spiro atoms. The van der Waals surface area contributed by atoms with Gasteiger partial charge in [-0.1, -0.05) is 12.1 Å². The maximum atomic E-state index is 11.7. The largest absolute Gasteiger partial charge is 0.493 e. The van der Waals surface area contributed by atoms with Crippen LogP contribution in [-0.2, 0) is 4.79 Å². The Morgan fingerprint density at radius 2 is 1.80 bits per heavy atom. The predicted molar refractivity (Wildman–Crippen MR) is 78.6 cm³/mol. The molecule has 6 heteroatoms. The van der Waals surface area contributed by atoms with Gasteiger partial charge in [0.15, 0.2) is 18.1 Å². The van der Waals surface area contributed by atoms with Crippen LogP contribution in [-0.4, -0.2) is 24.6 Å². The number of nitrogens with zero attached hydrogens (tertiary/aromatic N) is 1. The summed E-state index contributed by atoms with van der Waals surface area (Å²) in [6.07, 6.45) is 3.22. The van der Waals surface area contributed by atoms with Crippen LogP contribution in [0.5, 0.6) is 11.5 Å². The standard InChI is InChI=1S/C14H14N2O3.ClH/c1-18-12-4-2-3-5-13(12)19-10-14(17)16-11-6-8-15-9-7-11;/h2-9H,10H2,1H3,(H,15,16,17);1H. The zero-order chi connectivity index (χ0) is 13.5. The molecule has 0 aliphatic rings. The maximum Gasteiger partial charge on any atom is 0.262 e. The van der Waals surface area contributed by atoms with Crippen molar-refractivity contribution < 1.29 is 14.3 Å². The quantitative estimate of drug-likeness (QED) is 0.920. The van der Waals surface area contributed by atoms with E-state index in [0.29, 0.717) is 17.2 Å². The molecule has 2 aromatic rings. The molecule has 0 saturated carbocycles. The number of halogens is 1. The van der Waals surface area contributed by atoms with Crippen molar-refractivity contribution in [3.8, 4) is 11.5 Å². The van der Waals surface area contributed by atoms with Gasteiger partial charge in [-0.3, -0.25) is 9.78 Å². The highest BCUT2D eigenvalue weighted by atomic mass is 35.5. The highest BCUT2D eigenvalue weighted by Gasteiger charge is 2.06. The monoisotopic (exact) mass is 294 g/mol. The lowest BCUT2D eigenvalue weighted by molar-refractivity contribution is -0.118. The number of rotatable bonds is 5. The number of amides is 1. The molecule has 0 fully saturated rings. The van der Waals surface area contributed by atoms with Crippen LogP contribution in [0.25, 0.3) is 0 Å². The van der Waals surface area contributed by atoms with Gasteiger partial charge in [0.1, 0.15) is 0 Å². The third kappa shape index (κ3) is 4.44. The number of hydrogen-bond acceptors (Lipinski definition) is 4. The van der Waals surface area contributed by atoms with Crippen molar-refractivity contribution >= 4 is 24.0 Å². The zero-order valence-electron chi connectivity index (χ0n) is 10.9. The Morgan fingerprint density at radius 1 is 1.15 bits per heavy atom. The minimum Gasteiger partial charge on any atom is -0.493 e. The Labute approximate surface area is 123 Å². The van der Waals surface area contributed by atoms with E-state index in [-0.39, 0.29) is 24.9 Å². The number of methoxy groups -OCH3 is 1. The molecule has 0 saturated heterocycles. The van der Waals surface area contributed by atoms with Crippen LogP contribution in [0, 0.1) is 0 Å². The number of pyridine rings is 1. The van der Waals surface area contributed by atoms with Crippen LogP contribution in [0.4, 0.5) is 5.69 Å². The van der Waals surface area contributed by atoms with Crippen LogP contribution in [0.2, 0.25) is 0 Å². The number of carbonyl (C=O) groups excluding carboxylic acids is 1. The van der Waals surface area contributed by atoms with E-state index >= 15 is 0 Å². The molecular formula is C14H15ClN2O3. The van der Waals surface area contributed by atoms with E-state index in [2.05, 4.69) is 10.3 Å². The minimum absolute atomic E-state index is 0. The number of hydrogen-bond donors (Lipinski definition) is 1. The Kier molecular flexibility index (Phi) is 6.32. The number of aromatic nitrogens is 1. The van der Waals surface area contributed by atoms with Gasteiger partial charge in [0.2, 0.25) is 0 Å². The molecule has 0 aliphatic heterocycles. The lowest BCUT2D eigenvalue weighted by atomic mass is 10.3. The summed E-state index contributed by atoms with van der Waals surface area (Å²) in [7, 11) is 1.55. The maximum absolute atomic E-state index is 11.7. The molecule has 106 valence electrons. The summed E-state index contributed by atoms with van der Waals surface area (Å²) in [6, 6.07) is 10.6. The summed E-state index contributed by atoms with van der Waals surface area (Å²) in [5.41, 5.74) is 0.684. The Morgan fingerprint density at radius 3 is 2.45 bits per heavy atom. The molecule has 0 bridgehead atoms. The minimum atomic E-state index is -0.239. The highest BCUT2D eigenvalue weighted by Crippen LogP contribution is 2.25. The van der Waals surface area contributed by atoms with Gasteiger partial charge in [0, 0.05) is 18.1 Å². The smallest absolute Gasteiger partial charge is 0.262 e. The first-order valence-electron chi connectivity index (χ1n) is 5.75. The van der Waals surface area contributed by atoms with Crippen LogP contribution in [0.1, 0.15) is 0 Å². The molecule has 20 heavy (non-hydrogen) atoms. The van der Waals surface area contributed by atoms with Crippen LogP contribution in [0.15, 0.2) is 48.8 Å². The second-order valence-electron chi connectivity index (χ2n) is 3.72. The van der Waals surface area contributed by atoms with E-state index in [1.165, 1.54) is 0 Å². The van der Waals surface area contributed by atoms with Crippen molar-refractivity contribution in [2.45, 2.75) is 0 Å². The number of anilines is 1. The molecule has 1 aromatic carbocycles. The third-order valence-corrected chi connectivity index (χ3v) is 2.39. The van der Waals surface area contributed by atoms with Crippen molar-refractivity contribution in [2.24, 2.45) is 0 Å². The van der Waals surface area contributed by atoms with Crippen molar-refractivity contribution in [1.82, 2.24) is 4.98 Å². The molecule has 1 aromatic heterocycles. The average molecular weight is 295 g/mol. The molecule has 5 nitrogen and oxygen atoms in total. The SMILES string of the molecule is COc1ccccc1OCC(=O)Nc1ccncc1.Cl. The lowest BCUT2D eigenvalue weighted by Gasteiger charge is -2.10. The van der Waals surface area contributed by atoms with Crippen molar-refractivity contribution in [3.05, 3.63) is 48.8 Å². The number of carbonyl (C=O) groups is 1. The molecule has 2 rings (SSSR count). The zero-order valence-corrected chi connectivity index (χ0v) is 11.7. The van der Waals surface area contributed by atoms with E-state index in [1.54, 1.807) is 43.8 Å². The molecule has 1 amide bonds. The van der Waals surface area contributed by atoms with Gasteiger partial charge >= 0.3 is 0 Å². The van der Waals surface area contributed by atoms with Gasteiger partial charge in [-0.05, 0) is 24.3 Å². The average Bonchev–Trinajstić information content (AvgIpc) is 2.46. The fraction of sp³-hybridized carbons (Fsp3) is 0.143. The molecule has 1 N–H and O–H groups in total. The van der Waals surface area contributed by atoms with Gasteiger partial charge in [-0.25, -0.2) is 0 Å². The van der Waals surface area contributed by atoms with Crippen molar-refractivity contribution in [2.75, 3.05) is 19.0 Å². The van der Waals surface area contributed by atoms with Gasteiger partial charge in [-0.2, -0.15) is 0 Å². The number of nitrogens with one attached hydrogen (secondary N) is 1. The predicted octanol–water partition coefficient (Wildman–Crippen LogP) is 2.53. The molecule has 1 heterocycles. The van der Waals surface area contributed by atoms with Gasteiger partial charge in [-0.15, -0.1) is 12.4 Å². The lowest BCUT2D eigenvalue weighted by Crippen LogP contribution is -2.20. The van der Waals surface area contributed by atoms with Crippen molar-refractivity contribution in [1.29, 1.82) is 0 Å². The van der Waals surface area contributed by atoms with E-state index in [9.17, 15) is 4.79 Å². The molecule has 0 atom stereocenters. The molecule has 0 aliphatic carbocycles. The van der Waals surface area contributed by atoms with Gasteiger partial charge < -0.3 is 14.8 Å². The summed E-state index contributed by atoms with van der Waals surface area (Å²) in [5, 5.41) is 2.70. The molecule has 0 radical (unpaired) electrons. The fourth-order valence-corrected chi connectivity index (χ4v) is 1.51. The highest BCUT2D eigenvalue weighted by molar-refractivity contribution is 5.91. The van der Waals surface area contributed by atoms with E-state index in [1.807, 2.05) is 12.1 Å². The normalized spacial score (nSPS) is 9.25. The Bertz CT molecular complexity index is 549. The first-order valence-corrected chi connectivity index (χ1v) is 5.75. The number of ether oxygens (including phenoxy) is 2. The fourth-order valence-electron chi connectivity index (χ4n) is 1.51. The second-order valence-corrected chi connectivity index (χ2v) is 3.72. The summed E-state index contributed by atoms with van der Waals surface area (Å²) in [6.45, 7) is -0.0807. The van der Waals surface area contributed by atoms with Crippen LogP contribution in [0.3, 0.4) is 0 Å². The summed E-state index contributed by atoms with van der Waals surface area (Å²) < 4.78 is 10.5. The number of para-hydroxylation sites is 2. The Balaban J connectivity index is 0.00000200. The van der Waals surface area contributed by atoms with E-state index in [0.717, 1.165) is 0 Å². The van der Waals surface area contributed by atoms with Gasteiger partial charge in [0.05, 0.1) is 7.11 Å².